The Kier molecular flexibility index (Phi) is 7.16. The molecule has 0 bridgehead atoms. The molecule has 2 rings (SSSR count). The van der Waals surface area contributed by atoms with Crippen molar-refractivity contribution < 1.29 is 24.5 Å². The Balaban J connectivity index is 1.62. The fraction of sp³-hybridized carbons (Fsp3) is 0.222. The van der Waals surface area contributed by atoms with Crippen molar-refractivity contribution in [2.45, 2.75) is 5.75 Å². The Hall–Kier alpha value is -2.67. The minimum absolute atomic E-state index is 0.107. The molecule has 0 heterocycles. The average Bonchev–Trinajstić information content (AvgIpc) is 2.60. The maximum atomic E-state index is 11.8. The van der Waals surface area contributed by atoms with Gasteiger partial charge in [0.15, 0.2) is 6.61 Å². The van der Waals surface area contributed by atoms with Crippen LogP contribution in [0.3, 0.4) is 0 Å². The predicted molar refractivity (Wildman–Crippen MR) is 95.7 cm³/mol. The summed E-state index contributed by atoms with van der Waals surface area (Å²) in [7, 11) is 0. The Labute approximate surface area is 149 Å². The number of hydrogen-bond acceptors (Lipinski definition) is 6. The fourth-order valence-corrected chi connectivity index (χ4v) is 2.80. The number of aromatic hydroxyl groups is 2. The first kappa shape index (κ1) is 18.7. The van der Waals surface area contributed by atoms with Gasteiger partial charge in [-0.3, -0.25) is 4.79 Å². The molecule has 0 saturated carbocycles. The summed E-state index contributed by atoms with van der Waals surface area (Å²) in [6.07, 6.45) is 0. The maximum Gasteiger partial charge on any atom is 0.342 e. The molecule has 25 heavy (non-hydrogen) atoms. The molecule has 7 heteroatoms. The smallest absolute Gasteiger partial charge is 0.342 e. The second-order valence-corrected chi connectivity index (χ2v) is 6.27. The van der Waals surface area contributed by atoms with E-state index in [0.29, 0.717) is 6.54 Å². The number of carbonyl (C=O) groups excluding carboxylic acids is 2. The summed E-state index contributed by atoms with van der Waals surface area (Å²) in [4.78, 5) is 23.4. The number of esters is 1. The van der Waals surface area contributed by atoms with E-state index in [9.17, 15) is 19.8 Å². The van der Waals surface area contributed by atoms with Crippen LogP contribution in [0.15, 0.2) is 48.5 Å². The van der Waals surface area contributed by atoms with Gasteiger partial charge in [0.2, 0.25) is 0 Å². The van der Waals surface area contributed by atoms with Gasteiger partial charge in [-0.25, -0.2) is 4.79 Å². The van der Waals surface area contributed by atoms with E-state index in [1.54, 1.807) is 11.8 Å². The quantitative estimate of drug-likeness (QED) is 0.493. The molecule has 2 aromatic rings. The molecule has 1 amide bonds. The minimum atomic E-state index is -0.828. The Bertz CT molecular complexity index is 721. The zero-order valence-corrected chi connectivity index (χ0v) is 14.3. The predicted octanol–water partition coefficient (Wildman–Crippen LogP) is 2.30. The standard InChI is InChI=1S/C18H19NO5S/c20-14-6-7-15(16(21)10-14)18(23)24-11-17(22)19-8-9-25-12-13-4-2-1-3-5-13/h1-7,10,20-21H,8-9,11-12H2,(H,19,22). The van der Waals surface area contributed by atoms with E-state index < -0.39 is 24.2 Å². The molecule has 0 aliphatic rings. The highest BCUT2D eigenvalue weighted by molar-refractivity contribution is 7.98. The fourth-order valence-electron chi connectivity index (χ4n) is 1.98. The summed E-state index contributed by atoms with van der Waals surface area (Å²) in [5, 5.41) is 21.4. The van der Waals surface area contributed by atoms with Gasteiger partial charge in [-0.15, -0.1) is 0 Å². The molecule has 132 valence electrons. The maximum absolute atomic E-state index is 11.8. The normalized spacial score (nSPS) is 10.2. The van der Waals surface area contributed by atoms with Gasteiger partial charge in [0.25, 0.3) is 5.91 Å². The summed E-state index contributed by atoms with van der Waals surface area (Å²) in [5.41, 5.74) is 1.12. The monoisotopic (exact) mass is 361 g/mol. The first-order valence-electron chi connectivity index (χ1n) is 7.63. The molecule has 0 saturated heterocycles. The number of ether oxygens (including phenoxy) is 1. The highest BCUT2D eigenvalue weighted by Gasteiger charge is 2.14. The van der Waals surface area contributed by atoms with Crippen molar-refractivity contribution in [2.24, 2.45) is 0 Å². The van der Waals surface area contributed by atoms with E-state index in [1.165, 1.54) is 17.7 Å². The second-order valence-electron chi connectivity index (χ2n) is 5.17. The highest BCUT2D eigenvalue weighted by atomic mass is 32.2. The molecule has 0 unspecified atom stereocenters. The van der Waals surface area contributed by atoms with Crippen LogP contribution in [-0.2, 0) is 15.3 Å². The van der Waals surface area contributed by atoms with Gasteiger partial charge >= 0.3 is 5.97 Å². The van der Waals surface area contributed by atoms with Crippen LogP contribution in [-0.4, -0.2) is 41.0 Å². The molecule has 0 aliphatic carbocycles. The molecule has 6 nitrogen and oxygen atoms in total. The van der Waals surface area contributed by atoms with Gasteiger partial charge in [-0.05, 0) is 17.7 Å². The summed E-state index contributed by atoms with van der Waals surface area (Å²) in [5.74, 6) is -0.195. The SMILES string of the molecule is O=C(COC(=O)c1ccc(O)cc1O)NCCSCc1ccccc1. The number of hydrogen-bond donors (Lipinski definition) is 3. The van der Waals surface area contributed by atoms with Gasteiger partial charge in [-0.2, -0.15) is 11.8 Å². The van der Waals surface area contributed by atoms with Crippen molar-refractivity contribution in [3.63, 3.8) is 0 Å². The van der Waals surface area contributed by atoms with Crippen molar-refractivity contribution in [3.05, 3.63) is 59.7 Å². The summed E-state index contributed by atoms with van der Waals surface area (Å²) in [6, 6.07) is 13.5. The van der Waals surface area contributed by atoms with E-state index in [0.717, 1.165) is 17.6 Å². The third-order valence-corrected chi connectivity index (χ3v) is 4.25. The van der Waals surface area contributed by atoms with Crippen LogP contribution in [0.4, 0.5) is 0 Å². The lowest BCUT2D eigenvalue weighted by molar-refractivity contribution is -0.124. The molecule has 0 radical (unpaired) electrons. The third kappa shape index (κ3) is 6.39. The second kappa shape index (κ2) is 9.58. The summed E-state index contributed by atoms with van der Waals surface area (Å²) < 4.78 is 4.84. The molecule has 0 atom stereocenters. The number of rotatable bonds is 8. The van der Waals surface area contributed by atoms with E-state index in [2.05, 4.69) is 5.32 Å². The first-order chi connectivity index (χ1) is 12.1. The van der Waals surface area contributed by atoms with Crippen LogP contribution in [0.2, 0.25) is 0 Å². The molecular formula is C18H19NO5S. The number of phenolic OH excluding ortho intramolecular Hbond substituents is 2. The van der Waals surface area contributed by atoms with Crippen LogP contribution in [0.5, 0.6) is 11.5 Å². The number of carbonyl (C=O) groups is 2. The minimum Gasteiger partial charge on any atom is -0.508 e. The topological polar surface area (TPSA) is 95.9 Å². The van der Waals surface area contributed by atoms with Crippen LogP contribution >= 0.6 is 11.8 Å². The van der Waals surface area contributed by atoms with Crippen molar-refractivity contribution in [2.75, 3.05) is 18.9 Å². The lowest BCUT2D eigenvalue weighted by Gasteiger charge is -2.08. The van der Waals surface area contributed by atoms with Crippen LogP contribution in [0.25, 0.3) is 0 Å². The molecule has 2 aromatic carbocycles. The van der Waals surface area contributed by atoms with Crippen molar-refractivity contribution >= 4 is 23.6 Å². The van der Waals surface area contributed by atoms with E-state index in [-0.39, 0.29) is 11.3 Å². The highest BCUT2D eigenvalue weighted by Crippen LogP contribution is 2.23. The zero-order valence-electron chi connectivity index (χ0n) is 13.5. The Morgan fingerprint density at radius 1 is 1.08 bits per heavy atom. The van der Waals surface area contributed by atoms with E-state index >= 15 is 0 Å². The number of thioether (sulfide) groups is 1. The molecule has 3 N–H and O–H groups in total. The third-order valence-electron chi connectivity index (χ3n) is 3.22. The van der Waals surface area contributed by atoms with Crippen molar-refractivity contribution in [3.8, 4) is 11.5 Å². The molecular weight excluding hydrogens is 342 g/mol. The van der Waals surface area contributed by atoms with Crippen LogP contribution in [0.1, 0.15) is 15.9 Å². The molecule has 0 aromatic heterocycles. The van der Waals surface area contributed by atoms with Gasteiger partial charge in [-0.1, -0.05) is 30.3 Å². The van der Waals surface area contributed by atoms with Crippen LogP contribution < -0.4 is 5.32 Å². The number of phenols is 2. The summed E-state index contributed by atoms with van der Waals surface area (Å²) in [6.45, 7) is 0.0425. The van der Waals surface area contributed by atoms with E-state index in [1.807, 2.05) is 30.3 Å². The number of nitrogens with one attached hydrogen (secondary N) is 1. The number of amides is 1. The largest absolute Gasteiger partial charge is 0.508 e. The Morgan fingerprint density at radius 2 is 1.84 bits per heavy atom. The van der Waals surface area contributed by atoms with E-state index in [4.69, 9.17) is 4.74 Å². The van der Waals surface area contributed by atoms with Gasteiger partial charge in [0.05, 0.1) is 0 Å². The average molecular weight is 361 g/mol. The molecule has 0 aliphatic heterocycles. The van der Waals surface area contributed by atoms with Gasteiger partial charge in [0, 0.05) is 24.1 Å². The van der Waals surface area contributed by atoms with Crippen LogP contribution in [0, 0.1) is 0 Å². The first-order valence-corrected chi connectivity index (χ1v) is 8.79. The number of benzene rings is 2. The van der Waals surface area contributed by atoms with Crippen molar-refractivity contribution in [1.82, 2.24) is 5.32 Å². The molecule has 0 spiro atoms. The van der Waals surface area contributed by atoms with Gasteiger partial charge in [0.1, 0.15) is 17.1 Å². The zero-order chi connectivity index (χ0) is 18.1. The van der Waals surface area contributed by atoms with Crippen molar-refractivity contribution in [1.29, 1.82) is 0 Å². The van der Waals surface area contributed by atoms with Gasteiger partial charge < -0.3 is 20.3 Å². The molecule has 0 fully saturated rings. The lowest BCUT2D eigenvalue weighted by Crippen LogP contribution is -2.30. The lowest BCUT2D eigenvalue weighted by atomic mass is 10.2. The summed E-state index contributed by atoms with van der Waals surface area (Å²) >= 11 is 1.69. The Morgan fingerprint density at radius 3 is 2.56 bits per heavy atom.